The lowest BCUT2D eigenvalue weighted by Gasteiger charge is -2.11. The van der Waals surface area contributed by atoms with E-state index >= 15 is 0 Å². The standard InChI is InChI=1S/C28H26N2O4S/c1-2-34-27-11-7-6-10-26(27)30-28(31)24-14-12-22(13-15-24)23-16-18-25(19-17-23)35(32,33)29-20-21-8-4-3-5-9-21/h3-19,29H,2,20H2,1H3,(H,30,31). The highest BCUT2D eigenvalue weighted by Gasteiger charge is 2.14. The third-order valence-corrected chi connectivity index (χ3v) is 6.81. The minimum Gasteiger partial charge on any atom is -0.492 e. The van der Waals surface area contributed by atoms with E-state index < -0.39 is 10.0 Å². The average molecular weight is 487 g/mol. The van der Waals surface area contributed by atoms with E-state index in [1.54, 1.807) is 42.5 Å². The van der Waals surface area contributed by atoms with Gasteiger partial charge in [0.05, 0.1) is 17.2 Å². The first-order valence-corrected chi connectivity index (χ1v) is 12.7. The Bertz CT molecular complexity index is 1390. The number of amides is 1. The minimum atomic E-state index is -3.63. The minimum absolute atomic E-state index is 0.196. The van der Waals surface area contributed by atoms with Gasteiger partial charge in [-0.1, -0.05) is 66.7 Å². The van der Waals surface area contributed by atoms with E-state index in [0.717, 1.165) is 16.7 Å². The van der Waals surface area contributed by atoms with E-state index in [9.17, 15) is 13.2 Å². The van der Waals surface area contributed by atoms with Crippen LogP contribution in [0, 0.1) is 0 Å². The Morgan fingerprint density at radius 3 is 2.03 bits per heavy atom. The van der Waals surface area contributed by atoms with Gasteiger partial charge in [-0.2, -0.15) is 0 Å². The van der Waals surface area contributed by atoms with Gasteiger partial charge in [0, 0.05) is 12.1 Å². The normalized spacial score (nSPS) is 11.1. The van der Waals surface area contributed by atoms with Crippen LogP contribution in [0.25, 0.3) is 11.1 Å². The zero-order chi connectivity index (χ0) is 24.7. The molecule has 35 heavy (non-hydrogen) atoms. The smallest absolute Gasteiger partial charge is 0.255 e. The summed E-state index contributed by atoms with van der Waals surface area (Å²) in [5.74, 6) is 0.378. The SMILES string of the molecule is CCOc1ccccc1NC(=O)c1ccc(-c2ccc(S(=O)(=O)NCc3ccccc3)cc2)cc1. The number of carbonyl (C=O) groups excluding carboxylic acids is 1. The van der Waals surface area contributed by atoms with Crippen LogP contribution in [0.3, 0.4) is 0 Å². The van der Waals surface area contributed by atoms with Gasteiger partial charge < -0.3 is 10.1 Å². The Labute approximate surface area is 205 Å². The molecule has 4 rings (SSSR count). The molecule has 2 N–H and O–H groups in total. The van der Waals surface area contributed by atoms with Crippen LogP contribution in [0.4, 0.5) is 5.69 Å². The van der Waals surface area contributed by atoms with Gasteiger partial charge in [-0.05, 0) is 60.0 Å². The van der Waals surface area contributed by atoms with Crippen molar-refractivity contribution in [1.29, 1.82) is 0 Å². The quantitative estimate of drug-likeness (QED) is 0.328. The molecule has 0 aliphatic rings. The first kappa shape index (κ1) is 24.2. The molecule has 0 saturated heterocycles. The van der Waals surface area contributed by atoms with Crippen molar-refractivity contribution in [3.05, 3.63) is 114 Å². The lowest BCUT2D eigenvalue weighted by molar-refractivity contribution is 0.102. The Balaban J connectivity index is 1.42. The van der Waals surface area contributed by atoms with Crippen LogP contribution >= 0.6 is 0 Å². The maximum atomic E-state index is 12.7. The Kier molecular flexibility index (Phi) is 7.60. The predicted octanol–water partition coefficient (Wildman–Crippen LogP) is 5.48. The molecular formula is C28H26N2O4S. The van der Waals surface area contributed by atoms with E-state index in [-0.39, 0.29) is 17.3 Å². The summed E-state index contributed by atoms with van der Waals surface area (Å²) in [6, 6.07) is 30.5. The number of carbonyl (C=O) groups is 1. The topological polar surface area (TPSA) is 84.5 Å². The van der Waals surface area contributed by atoms with E-state index in [0.29, 0.717) is 23.6 Å². The number of anilines is 1. The molecule has 1 amide bonds. The summed E-state index contributed by atoms with van der Waals surface area (Å²) in [7, 11) is -3.63. The van der Waals surface area contributed by atoms with Crippen molar-refractivity contribution in [3.63, 3.8) is 0 Å². The lowest BCUT2D eigenvalue weighted by atomic mass is 10.0. The molecule has 0 atom stereocenters. The Morgan fingerprint density at radius 1 is 0.771 bits per heavy atom. The molecule has 0 spiro atoms. The summed E-state index contributed by atoms with van der Waals surface area (Å²) in [5.41, 5.74) is 3.72. The summed E-state index contributed by atoms with van der Waals surface area (Å²) >= 11 is 0. The third kappa shape index (κ3) is 6.15. The van der Waals surface area contributed by atoms with Crippen molar-refractivity contribution in [1.82, 2.24) is 4.72 Å². The average Bonchev–Trinajstić information content (AvgIpc) is 2.89. The molecular weight excluding hydrogens is 460 g/mol. The number of nitrogens with one attached hydrogen (secondary N) is 2. The number of hydrogen-bond acceptors (Lipinski definition) is 4. The van der Waals surface area contributed by atoms with Crippen LogP contribution in [0.5, 0.6) is 5.75 Å². The Hall–Kier alpha value is -3.94. The summed E-state index contributed by atoms with van der Waals surface area (Å²) in [5, 5.41) is 2.88. The van der Waals surface area contributed by atoms with Gasteiger partial charge in [0.2, 0.25) is 10.0 Å². The highest BCUT2D eigenvalue weighted by Crippen LogP contribution is 2.25. The summed E-state index contributed by atoms with van der Waals surface area (Å²) in [4.78, 5) is 12.9. The van der Waals surface area contributed by atoms with Gasteiger partial charge >= 0.3 is 0 Å². The first-order chi connectivity index (χ1) is 17.0. The summed E-state index contributed by atoms with van der Waals surface area (Å²) in [6.45, 7) is 2.62. The van der Waals surface area contributed by atoms with Gasteiger partial charge in [-0.15, -0.1) is 0 Å². The molecule has 0 radical (unpaired) electrons. The molecule has 0 saturated carbocycles. The molecule has 0 fully saturated rings. The second kappa shape index (κ2) is 11.0. The molecule has 7 heteroatoms. The highest BCUT2D eigenvalue weighted by atomic mass is 32.2. The molecule has 0 aromatic heterocycles. The fourth-order valence-electron chi connectivity index (χ4n) is 3.54. The van der Waals surface area contributed by atoms with Crippen molar-refractivity contribution in [2.45, 2.75) is 18.4 Å². The molecule has 0 aliphatic carbocycles. The van der Waals surface area contributed by atoms with Crippen molar-refractivity contribution in [3.8, 4) is 16.9 Å². The second-order valence-electron chi connectivity index (χ2n) is 7.80. The lowest BCUT2D eigenvalue weighted by Crippen LogP contribution is -2.23. The molecule has 0 heterocycles. The Morgan fingerprint density at radius 2 is 1.37 bits per heavy atom. The summed E-state index contributed by atoms with van der Waals surface area (Å²) in [6.07, 6.45) is 0. The van der Waals surface area contributed by atoms with E-state index in [4.69, 9.17) is 4.74 Å². The number of para-hydroxylation sites is 2. The zero-order valence-corrected chi connectivity index (χ0v) is 20.1. The molecule has 4 aromatic rings. The van der Waals surface area contributed by atoms with Gasteiger partial charge in [0.15, 0.2) is 0 Å². The van der Waals surface area contributed by atoms with Crippen molar-refractivity contribution in [2.75, 3.05) is 11.9 Å². The maximum Gasteiger partial charge on any atom is 0.255 e. The van der Waals surface area contributed by atoms with Gasteiger partial charge in [-0.3, -0.25) is 4.79 Å². The first-order valence-electron chi connectivity index (χ1n) is 11.2. The second-order valence-corrected chi connectivity index (χ2v) is 9.56. The van der Waals surface area contributed by atoms with Crippen LogP contribution in [-0.4, -0.2) is 20.9 Å². The largest absolute Gasteiger partial charge is 0.492 e. The van der Waals surface area contributed by atoms with Crippen LogP contribution < -0.4 is 14.8 Å². The van der Waals surface area contributed by atoms with Crippen LogP contribution in [0.15, 0.2) is 108 Å². The number of benzene rings is 4. The number of ether oxygens (including phenoxy) is 1. The molecule has 6 nitrogen and oxygen atoms in total. The van der Waals surface area contributed by atoms with Gasteiger partial charge in [0.1, 0.15) is 5.75 Å². The van der Waals surface area contributed by atoms with E-state index in [2.05, 4.69) is 10.0 Å². The van der Waals surface area contributed by atoms with Gasteiger partial charge in [0.25, 0.3) is 5.91 Å². The molecule has 4 aromatic carbocycles. The number of hydrogen-bond donors (Lipinski definition) is 2. The van der Waals surface area contributed by atoms with Crippen molar-refractivity contribution >= 4 is 21.6 Å². The number of rotatable bonds is 9. The van der Waals surface area contributed by atoms with E-state index in [1.165, 1.54) is 0 Å². The number of sulfonamides is 1. The molecule has 0 unspecified atom stereocenters. The highest BCUT2D eigenvalue weighted by molar-refractivity contribution is 7.89. The molecule has 0 bridgehead atoms. The monoisotopic (exact) mass is 486 g/mol. The fraction of sp³-hybridized carbons (Fsp3) is 0.107. The van der Waals surface area contributed by atoms with Crippen LogP contribution in [0.1, 0.15) is 22.8 Å². The van der Waals surface area contributed by atoms with Crippen molar-refractivity contribution < 1.29 is 17.9 Å². The molecule has 178 valence electrons. The van der Waals surface area contributed by atoms with E-state index in [1.807, 2.05) is 67.6 Å². The maximum absolute atomic E-state index is 12.7. The van der Waals surface area contributed by atoms with Crippen LogP contribution in [-0.2, 0) is 16.6 Å². The summed E-state index contributed by atoms with van der Waals surface area (Å²) < 4.78 is 33.4. The van der Waals surface area contributed by atoms with Gasteiger partial charge in [-0.25, -0.2) is 13.1 Å². The van der Waals surface area contributed by atoms with Crippen molar-refractivity contribution in [2.24, 2.45) is 0 Å². The zero-order valence-electron chi connectivity index (χ0n) is 19.3. The molecule has 0 aliphatic heterocycles. The van der Waals surface area contributed by atoms with Crippen LogP contribution in [0.2, 0.25) is 0 Å². The predicted molar refractivity (Wildman–Crippen MR) is 138 cm³/mol. The fourth-order valence-corrected chi connectivity index (χ4v) is 4.56. The third-order valence-electron chi connectivity index (χ3n) is 5.39.